The van der Waals surface area contributed by atoms with Crippen molar-refractivity contribution in [3.05, 3.63) is 11.6 Å². The van der Waals surface area contributed by atoms with Crippen molar-refractivity contribution in [1.82, 2.24) is 0 Å². The molecule has 0 aromatic heterocycles. The Morgan fingerprint density at radius 2 is 2.33 bits per heavy atom. The van der Waals surface area contributed by atoms with Gasteiger partial charge in [0.05, 0.1) is 5.92 Å². The van der Waals surface area contributed by atoms with Gasteiger partial charge in [-0.15, -0.1) is 0 Å². The number of carboxylic acid groups (broad SMARTS) is 1. The minimum atomic E-state index is -0.638. The van der Waals surface area contributed by atoms with Crippen LogP contribution >= 0.6 is 0 Å². The number of hydrogen-bond acceptors (Lipinski definition) is 1. The Bertz CT molecular complexity index is 204. The molecule has 0 fully saturated rings. The van der Waals surface area contributed by atoms with Gasteiger partial charge in [0.25, 0.3) is 0 Å². The SMILES string of the molecule is CC(C)C1=CCCC(C(=O)O)C1. The molecule has 0 aromatic carbocycles. The van der Waals surface area contributed by atoms with Crippen molar-refractivity contribution in [2.75, 3.05) is 0 Å². The van der Waals surface area contributed by atoms with Crippen LogP contribution < -0.4 is 0 Å². The minimum absolute atomic E-state index is 0.132. The van der Waals surface area contributed by atoms with Gasteiger partial charge < -0.3 is 5.11 Å². The lowest BCUT2D eigenvalue weighted by atomic mass is 9.84. The predicted octanol–water partition coefficient (Wildman–Crippen LogP) is 2.45. The highest BCUT2D eigenvalue weighted by atomic mass is 16.4. The molecule has 1 unspecified atom stereocenters. The van der Waals surface area contributed by atoms with Gasteiger partial charge in [-0.05, 0) is 25.2 Å². The van der Waals surface area contributed by atoms with Gasteiger partial charge in [-0.3, -0.25) is 4.79 Å². The Morgan fingerprint density at radius 3 is 2.83 bits per heavy atom. The van der Waals surface area contributed by atoms with Crippen molar-refractivity contribution < 1.29 is 9.90 Å². The molecule has 1 atom stereocenters. The van der Waals surface area contributed by atoms with Crippen LogP contribution in [0.1, 0.15) is 33.1 Å². The number of hydrogen-bond donors (Lipinski definition) is 1. The van der Waals surface area contributed by atoms with Crippen LogP contribution in [0.2, 0.25) is 0 Å². The van der Waals surface area contributed by atoms with Gasteiger partial charge in [0, 0.05) is 0 Å². The van der Waals surface area contributed by atoms with Crippen molar-refractivity contribution in [2.24, 2.45) is 11.8 Å². The summed E-state index contributed by atoms with van der Waals surface area (Å²) in [6.07, 6.45) is 4.70. The van der Waals surface area contributed by atoms with Crippen LogP contribution in [0.3, 0.4) is 0 Å². The molecule has 1 aliphatic carbocycles. The lowest BCUT2D eigenvalue weighted by Crippen LogP contribution is -2.18. The minimum Gasteiger partial charge on any atom is -0.481 e. The van der Waals surface area contributed by atoms with Crippen LogP contribution in [0.25, 0.3) is 0 Å². The first kappa shape index (κ1) is 9.30. The van der Waals surface area contributed by atoms with Gasteiger partial charge in [-0.2, -0.15) is 0 Å². The summed E-state index contributed by atoms with van der Waals surface area (Å²) in [5.41, 5.74) is 1.31. The van der Waals surface area contributed by atoms with E-state index in [4.69, 9.17) is 5.11 Å². The molecule has 0 saturated heterocycles. The molecule has 2 heteroatoms. The summed E-state index contributed by atoms with van der Waals surface area (Å²) < 4.78 is 0. The molecule has 0 amide bonds. The second kappa shape index (κ2) is 3.74. The van der Waals surface area contributed by atoms with Crippen molar-refractivity contribution in [1.29, 1.82) is 0 Å². The molecular weight excluding hydrogens is 152 g/mol. The first-order valence-corrected chi connectivity index (χ1v) is 4.53. The maximum absolute atomic E-state index is 10.7. The van der Waals surface area contributed by atoms with Gasteiger partial charge >= 0.3 is 5.97 Å². The smallest absolute Gasteiger partial charge is 0.306 e. The van der Waals surface area contributed by atoms with Crippen LogP contribution in [0.15, 0.2) is 11.6 Å². The van der Waals surface area contributed by atoms with E-state index in [1.165, 1.54) is 5.57 Å². The molecule has 0 radical (unpaired) electrons. The number of rotatable bonds is 2. The Labute approximate surface area is 73.3 Å². The summed E-state index contributed by atoms with van der Waals surface area (Å²) in [6, 6.07) is 0. The molecule has 2 nitrogen and oxygen atoms in total. The predicted molar refractivity (Wildman–Crippen MR) is 47.9 cm³/mol. The zero-order chi connectivity index (χ0) is 9.14. The summed E-state index contributed by atoms with van der Waals surface area (Å²) in [4.78, 5) is 10.7. The molecule has 1 rings (SSSR count). The van der Waals surface area contributed by atoms with Crippen LogP contribution in [0, 0.1) is 11.8 Å². The fraction of sp³-hybridized carbons (Fsp3) is 0.700. The molecule has 0 aromatic rings. The highest BCUT2D eigenvalue weighted by Crippen LogP contribution is 2.28. The summed E-state index contributed by atoms with van der Waals surface area (Å²) in [6.45, 7) is 4.24. The van der Waals surface area contributed by atoms with E-state index in [1.54, 1.807) is 0 Å². The lowest BCUT2D eigenvalue weighted by molar-refractivity contribution is -0.142. The van der Waals surface area contributed by atoms with Crippen molar-refractivity contribution >= 4 is 5.97 Å². The Kier molecular flexibility index (Phi) is 2.90. The summed E-state index contributed by atoms with van der Waals surface area (Å²) in [5.74, 6) is -0.263. The lowest BCUT2D eigenvalue weighted by Gasteiger charge is -2.21. The van der Waals surface area contributed by atoms with E-state index in [1.807, 2.05) is 0 Å². The largest absolute Gasteiger partial charge is 0.481 e. The van der Waals surface area contributed by atoms with E-state index in [9.17, 15) is 4.79 Å². The van der Waals surface area contributed by atoms with Crippen molar-refractivity contribution in [3.8, 4) is 0 Å². The first-order chi connectivity index (χ1) is 5.61. The molecular formula is C10H16O2. The molecule has 12 heavy (non-hydrogen) atoms. The summed E-state index contributed by atoms with van der Waals surface area (Å²) in [5, 5.41) is 8.81. The maximum atomic E-state index is 10.7. The van der Waals surface area contributed by atoms with Gasteiger partial charge in [0.2, 0.25) is 0 Å². The average molecular weight is 168 g/mol. The van der Waals surface area contributed by atoms with E-state index in [0.717, 1.165) is 19.3 Å². The third kappa shape index (κ3) is 2.10. The fourth-order valence-corrected chi connectivity index (χ4v) is 1.62. The van der Waals surface area contributed by atoms with Crippen LogP contribution in [-0.4, -0.2) is 11.1 Å². The maximum Gasteiger partial charge on any atom is 0.306 e. The molecule has 0 spiro atoms. The quantitative estimate of drug-likeness (QED) is 0.643. The van der Waals surface area contributed by atoms with Gasteiger partial charge in [-0.1, -0.05) is 25.5 Å². The second-order valence-electron chi connectivity index (χ2n) is 3.75. The highest BCUT2D eigenvalue weighted by Gasteiger charge is 2.22. The van der Waals surface area contributed by atoms with Crippen LogP contribution in [-0.2, 0) is 4.79 Å². The van der Waals surface area contributed by atoms with Gasteiger partial charge in [0.1, 0.15) is 0 Å². The number of aliphatic carboxylic acids is 1. The standard InChI is InChI=1S/C10H16O2/c1-7(2)8-4-3-5-9(6-8)10(11)12/h4,7,9H,3,5-6H2,1-2H3,(H,11,12). The molecule has 68 valence electrons. The van der Waals surface area contributed by atoms with Crippen molar-refractivity contribution in [3.63, 3.8) is 0 Å². The number of carboxylic acids is 1. The van der Waals surface area contributed by atoms with E-state index in [0.29, 0.717) is 5.92 Å². The molecule has 0 aliphatic heterocycles. The Hall–Kier alpha value is -0.790. The summed E-state index contributed by atoms with van der Waals surface area (Å²) >= 11 is 0. The Morgan fingerprint density at radius 1 is 1.67 bits per heavy atom. The molecule has 1 N–H and O–H groups in total. The van der Waals surface area contributed by atoms with E-state index in [2.05, 4.69) is 19.9 Å². The zero-order valence-corrected chi connectivity index (χ0v) is 7.71. The Balaban J connectivity index is 2.59. The highest BCUT2D eigenvalue weighted by molar-refractivity contribution is 5.70. The third-order valence-corrected chi connectivity index (χ3v) is 2.49. The van der Waals surface area contributed by atoms with E-state index in [-0.39, 0.29) is 5.92 Å². The number of carbonyl (C=O) groups is 1. The normalized spacial score (nSPS) is 23.9. The molecule has 1 aliphatic rings. The molecule has 0 heterocycles. The van der Waals surface area contributed by atoms with E-state index >= 15 is 0 Å². The van der Waals surface area contributed by atoms with Crippen molar-refractivity contribution in [2.45, 2.75) is 33.1 Å². The average Bonchev–Trinajstić information content (AvgIpc) is 2.04. The van der Waals surface area contributed by atoms with Gasteiger partial charge in [-0.25, -0.2) is 0 Å². The topological polar surface area (TPSA) is 37.3 Å². The second-order valence-corrected chi connectivity index (χ2v) is 3.75. The first-order valence-electron chi connectivity index (χ1n) is 4.53. The van der Waals surface area contributed by atoms with Crippen LogP contribution in [0.5, 0.6) is 0 Å². The van der Waals surface area contributed by atoms with Gasteiger partial charge in [0.15, 0.2) is 0 Å². The third-order valence-electron chi connectivity index (χ3n) is 2.49. The zero-order valence-electron chi connectivity index (χ0n) is 7.71. The molecule has 0 saturated carbocycles. The summed E-state index contributed by atoms with van der Waals surface area (Å²) in [7, 11) is 0. The van der Waals surface area contributed by atoms with Crippen LogP contribution in [0.4, 0.5) is 0 Å². The monoisotopic (exact) mass is 168 g/mol. The fourth-order valence-electron chi connectivity index (χ4n) is 1.62. The number of allylic oxidation sites excluding steroid dienone is 2. The molecule has 0 bridgehead atoms. The van der Waals surface area contributed by atoms with E-state index < -0.39 is 5.97 Å².